The van der Waals surface area contributed by atoms with E-state index in [9.17, 15) is 31.2 Å². The number of aromatic amines is 1. The van der Waals surface area contributed by atoms with Crippen LogP contribution in [0.3, 0.4) is 0 Å². The first kappa shape index (κ1) is 65.3. The summed E-state index contributed by atoms with van der Waals surface area (Å²) in [6.07, 6.45) is 11.7. The summed E-state index contributed by atoms with van der Waals surface area (Å²) >= 11 is 0. The van der Waals surface area contributed by atoms with E-state index in [2.05, 4.69) is 54.4 Å². The van der Waals surface area contributed by atoms with Crippen LogP contribution in [-0.4, -0.2) is 111 Å². The van der Waals surface area contributed by atoms with Crippen LogP contribution in [-0.2, 0) is 58.7 Å². The predicted octanol–water partition coefficient (Wildman–Crippen LogP) is 10.1. The number of amides is 2. The minimum Gasteiger partial charge on any atom is -0.443 e. The van der Waals surface area contributed by atoms with Crippen molar-refractivity contribution in [1.29, 1.82) is 0 Å². The molecule has 5 N–H and O–H groups in total. The second kappa shape index (κ2) is 28.3. The number of nitrogens with zero attached hydrogens (tertiary/aromatic N) is 7. The monoisotopic (exact) mass is 1250 g/mol. The second-order valence-electron chi connectivity index (χ2n) is 21.5. The van der Waals surface area contributed by atoms with Gasteiger partial charge in [0.1, 0.15) is 17.1 Å². The van der Waals surface area contributed by atoms with Crippen molar-refractivity contribution in [2.45, 2.75) is 53.2 Å². The first-order chi connectivity index (χ1) is 40.0. The molecule has 0 spiro atoms. The van der Waals surface area contributed by atoms with Crippen molar-refractivity contribution >= 4 is 122 Å². The van der Waals surface area contributed by atoms with E-state index in [1.54, 1.807) is 96.6 Å². The Balaban J connectivity index is 0.000000244. The van der Waals surface area contributed by atoms with Crippen LogP contribution in [0.5, 0.6) is 23.3 Å². The van der Waals surface area contributed by atoms with Gasteiger partial charge in [0.2, 0.25) is 55.5 Å². The smallest absolute Gasteiger partial charge is 0.312 e. The van der Waals surface area contributed by atoms with Gasteiger partial charge in [-0.25, -0.2) is 25.4 Å². The van der Waals surface area contributed by atoms with E-state index in [-0.39, 0.29) is 69.3 Å². The van der Waals surface area contributed by atoms with Crippen molar-refractivity contribution in [2.24, 2.45) is 17.3 Å². The fraction of sp³-hybridized carbons (Fsp3) is 0.283. The summed E-state index contributed by atoms with van der Waals surface area (Å²) in [7, 11) is -6.31. The molecule has 0 bridgehead atoms. The number of nitrogens with one attached hydrogen (secondary N) is 5. The molecule has 0 aliphatic carbocycles. The van der Waals surface area contributed by atoms with Gasteiger partial charge in [0, 0.05) is 73.5 Å². The highest BCUT2D eigenvalue weighted by molar-refractivity contribution is 7.88. The Kier molecular flexibility index (Phi) is 21.5. The third kappa shape index (κ3) is 17.4. The van der Waals surface area contributed by atoms with E-state index in [1.807, 2.05) is 54.6 Å². The Hall–Kier alpha value is -8.27. The molecule has 4 aromatic carbocycles. The van der Waals surface area contributed by atoms with E-state index >= 15 is 0 Å². The summed E-state index contributed by atoms with van der Waals surface area (Å²) in [6.45, 7) is 14.5. The molecule has 2 atom stereocenters. The molecule has 4 aromatic heterocycles. The maximum absolute atomic E-state index is 12.5. The number of rotatable bonds is 20. The number of carbonyl (C=O) groups is 3. The van der Waals surface area contributed by atoms with Crippen molar-refractivity contribution in [3.8, 4) is 23.3 Å². The lowest BCUT2D eigenvalue weighted by Crippen LogP contribution is -2.27. The first-order valence-corrected chi connectivity index (χ1v) is 30.7. The van der Waals surface area contributed by atoms with Gasteiger partial charge < -0.3 is 40.5 Å². The first-order valence-electron chi connectivity index (χ1n) is 27.0. The fourth-order valence-corrected chi connectivity index (χ4v) is 11.3. The average molecular weight is 1250 g/mol. The predicted molar refractivity (Wildman–Crippen MR) is 344 cm³/mol. The molecule has 0 unspecified atom stereocenters. The molecular formula is C60H70N12O10S4. The van der Waals surface area contributed by atoms with Crippen LogP contribution in [0.2, 0.25) is 0 Å². The molecule has 0 saturated carbocycles. The zero-order valence-electron chi connectivity index (χ0n) is 48.2. The third-order valence-corrected chi connectivity index (χ3v) is 16.4. The second-order valence-corrected chi connectivity index (χ2v) is 25.5. The molecule has 2 fully saturated rings. The SMILES string of the molecule is C=CC(=O)Nc1cccc(Oc2nc(Nc3ccc(C[C@H]4CCN(S(C)(=O)=O)C4)cc3)nc3[nH]ccc23)c1.C=CC(=O)Nc1cccc(Oc2nc(Nc3ccc(C[C@H]4CCN(S(C)(=O)=O)C4)cc3)nc3c2ccn3COC(=O)C(C)(C)C)c1.S.S. The number of fused-ring (bicyclic) bond motifs is 2. The summed E-state index contributed by atoms with van der Waals surface area (Å²) in [5.74, 6) is 1.75. The number of benzene rings is 4. The Morgan fingerprint density at radius 1 is 0.640 bits per heavy atom. The molecule has 2 aliphatic rings. The van der Waals surface area contributed by atoms with E-state index < -0.39 is 25.5 Å². The van der Waals surface area contributed by atoms with Gasteiger partial charge in [0.15, 0.2) is 12.4 Å². The van der Waals surface area contributed by atoms with Crippen molar-refractivity contribution in [3.63, 3.8) is 0 Å². The molecule has 26 heteroatoms. The van der Waals surface area contributed by atoms with Crippen LogP contribution in [0.25, 0.3) is 22.1 Å². The maximum atomic E-state index is 12.5. The van der Waals surface area contributed by atoms with Gasteiger partial charge in [0.25, 0.3) is 0 Å². The molecule has 6 heterocycles. The van der Waals surface area contributed by atoms with Crippen LogP contribution in [0.1, 0.15) is 44.7 Å². The molecule has 2 amide bonds. The largest absolute Gasteiger partial charge is 0.443 e. The van der Waals surface area contributed by atoms with Gasteiger partial charge in [-0.05, 0) is 142 Å². The number of esters is 1. The number of ether oxygens (including phenoxy) is 3. The molecule has 22 nitrogen and oxygen atoms in total. The number of carbonyl (C=O) groups excluding carboxylic acids is 3. The zero-order chi connectivity index (χ0) is 59.8. The van der Waals surface area contributed by atoms with Crippen LogP contribution in [0.4, 0.5) is 34.6 Å². The summed E-state index contributed by atoms with van der Waals surface area (Å²) < 4.78 is 70.0. The summed E-state index contributed by atoms with van der Waals surface area (Å²) in [6, 6.07) is 33.3. The fourth-order valence-electron chi connectivity index (χ4n) is 9.45. The van der Waals surface area contributed by atoms with Crippen molar-refractivity contribution < 1.29 is 45.4 Å². The highest BCUT2D eigenvalue weighted by Crippen LogP contribution is 2.34. The lowest BCUT2D eigenvalue weighted by molar-refractivity contribution is -0.156. The van der Waals surface area contributed by atoms with Gasteiger partial charge in [-0.1, -0.05) is 49.6 Å². The molecule has 2 saturated heterocycles. The van der Waals surface area contributed by atoms with E-state index in [0.717, 1.165) is 48.2 Å². The lowest BCUT2D eigenvalue weighted by Gasteiger charge is -2.17. The molecule has 0 radical (unpaired) electrons. The van der Waals surface area contributed by atoms with Crippen molar-refractivity contribution in [1.82, 2.24) is 38.1 Å². The minimum absolute atomic E-state index is 0. The van der Waals surface area contributed by atoms with Gasteiger partial charge >= 0.3 is 5.97 Å². The number of sulfonamides is 2. The average Bonchev–Trinajstić information content (AvgIpc) is 2.80. The van der Waals surface area contributed by atoms with E-state index in [4.69, 9.17) is 19.2 Å². The number of H-pyrrole nitrogens is 1. The highest BCUT2D eigenvalue weighted by atomic mass is 32.2. The molecule has 8 aromatic rings. The molecule has 2 aliphatic heterocycles. The number of aromatic nitrogens is 6. The molecular weight excluding hydrogens is 1180 g/mol. The minimum atomic E-state index is -3.18. The summed E-state index contributed by atoms with van der Waals surface area (Å²) in [5, 5.41) is 13.2. The van der Waals surface area contributed by atoms with E-state index in [1.165, 1.54) is 29.0 Å². The Morgan fingerprint density at radius 3 is 1.57 bits per heavy atom. The van der Waals surface area contributed by atoms with Crippen LogP contribution in [0, 0.1) is 17.3 Å². The Labute approximate surface area is 513 Å². The third-order valence-electron chi connectivity index (χ3n) is 13.8. The van der Waals surface area contributed by atoms with Crippen LogP contribution >= 0.6 is 27.0 Å². The molecule has 10 rings (SSSR count). The van der Waals surface area contributed by atoms with Crippen LogP contribution in [0.15, 0.2) is 147 Å². The summed E-state index contributed by atoms with van der Waals surface area (Å²) in [5.41, 5.74) is 5.33. The van der Waals surface area contributed by atoms with Gasteiger partial charge in [-0.15, -0.1) is 0 Å². The van der Waals surface area contributed by atoms with Crippen molar-refractivity contribution in [2.75, 3.05) is 60.0 Å². The quantitative estimate of drug-likeness (QED) is 0.0351. The number of hydrogen-bond acceptors (Lipinski definition) is 16. The summed E-state index contributed by atoms with van der Waals surface area (Å²) in [4.78, 5) is 57.5. The Bertz CT molecular complexity index is 3970. The van der Waals surface area contributed by atoms with Crippen LogP contribution < -0.4 is 30.7 Å². The lowest BCUT2D eigenvalue weighted by atomic mass is 9.98. The van der Waals surface area contributed by atoms with Gasteiger partial charge in [-0.2, -0.15) is 46.9 Å². The topological polar surface area (TPSA) is 274 Å². The zero-order valence-corrected chi connectivity index (χ0v) is 51.8. The van der Waals surface area contributed by atoms with Gasteiger partial charge in [-0.3, -0.25) is 19.0 Å². The number of anilines is 6. The maximum Gasteiger partial charge on any atom is 0.312 e. The standard InChI is InChI=1S/C33H38N6O6S.C27H28N6O4S.2H2S/c1-6-28(40)34-25-8-7-9-26(19-25)45-30-27-15-16-38(21-44-31(41)33(2,3)4)29(27)36-32(37-30)35-24-12-10-22(11-13-24)18-23-14-17-39(20-23)46(5,42)43;1-3-24(34)29-21-5-4-6-22(16-21)37-26-23-11-13-28-25(23)31-27(32-26)30-20-9-7-18(8-10-20)15-19-12-14-33(17-19)38(2,35)36;;/h6-13,15-16,19,23H,1,14,17-18,20-21H2,2-5H3,(H,34,40)(H,35,36,37);3-11,13,16,19H,1,12,14-15,17H2,2H3,(H,29,34)(H2,28,30,31,32);2*1H2/t23-;19-;;/m11../s1. The normalized spacial score (nSPS) is 15.3. The van der Waals surface area contributed by atoms with Crippen molar-refractivity contribution in [3.05, 3.63) is 158 Å². The molecule has 454 valence electrons. The van der Waals surface area contributed by atoms with E-state index in [0.29, 0.717) is 88.9 Å². The van der Waals surface area contributed by atoms with Gasteiger partial charge in [0.05, 0.1) is 28.7 Å². The molecule has 86 heavy (non-hydrogen) atoms. The number of hydrogen-bond donors (Lipinski definition) is 5. The highest BCUT2D eigenvalue weighted by Gasteiger charge is 2.30. The Morgan fingerprint density at radius 2 is 1.12 bits per heavy atom.